The fraction of sp³-hybridized carbons (Fsp3) is 0.182. The molecule has 0 saturated carbocycles. The number of nitrogens with two attached hydrogens (primary N) is 1. The summed E-state index contributed by atoms with van der Waals surface area (Å²) in [5.74, 6) is -0.336. The molecule has 148 valence electrons. The molecule has 0 aliphatic carbocycles. The molecule has 2 aromatic heterocycles. The zero-order chi connectivity index (χ0) is 20.4. The molecule has 2 heterocycles. The molecular weight excluding hydrogens is 370 g/mol. The molecule has 0 atom stereocenters. The molecule has 2 aromatic carbocycles. The number of benzene rings is 2. The van der Waals surface area contributed by atoms with Crippen LogP contribution in [-0.2, 0) is 24.4 Å². The molecule has 7 nitrogen and oxygen atoms in total. The number of furan rings is 1. The second-order valence-electron chi connectivity index (χ2n) is 6.81. The second-order valence-corrected chi connectivity index (χ2v) is 6.81. The molecular formula is C22H21N3O4. The van der Waals surface area contributed by atoms with E-state index in [1.165, 1.54) is 0 Å². The van der Waals surface area contributed by atoms with Crippen LogP contribution in [0, 0.1) is 6.92 Å². The summed E-state index contributed by atoms with van der Waals surface area (Å²) >= 11 is 0. The number of hydrogen-bond acceptors (Lipinski definition) is 5. The molecule has 0 radical (unpaired) electrons. The van der Waals surface area contributed by atoms with Crippen LogP contribution >= 0.6 is 0 Å². The van der Waals surface area contributed by atoms with Crippen molar-refractivity contribution in [1.29, 1.82) is 0 Å². The number of carboxylic acids is 1. The number of aryl methyl sites for hydroxylation is 1. The van der Waals surface area contributed by atoms with Crippen molar-refractivity contribution in [1.82, 2.24) is 9.78 Å². The van der Waals surface area contributed by atoms with Gasteiger partial charge in [-0.3, -0.25) is 4.79 Å². The lowest BCUT2D eigenvalue weighted by Crippen LogP contribution is -2.05. The first-order valence-corrected chi connectivity index (χ1v) is 9.24. The van der Waals surface area contributed by atoms with Crippen LogP contribution in [0.4, 0.5) is 0 Å². The van der Waals surface area contributed by atoms with E-state index in [9.17, 15) is 4.79 Å². The molecule has 0 spiro atoms. The van der Waals surface area contributed by atoms with Crippen molar-refractivity contribution in [2.45, 2.75) is 26.5 Å². The van der Waals surface area contributed by atoms with E-state index >= 15 is 0 Å². The molecule has 0 unspecified atom stereocenters. The van der Waals surface area contributed by atoms with Gasteiger partial charge >= 0.3 is 5.97 Å². The summed E-state index contributed by atoms with van der Waals surface area (Å²) in [6.45, 7) is 2.61. The van der Waals surface area contributed by atoms with Crippen molar-refractivity contribution in [3.63, 3.8) is 0 Å². The zero-order valence-electron chi connectivity index (χ0n) is 16.0. The van der Waals surface area contributed by atoms with Gasteiger partial charge in [0.15, 0.2) is 5.58 Å². The van der Waals surface area contributed by atoms with Gasteiger partial charge in [0, 0.05) is 23.2 Å². The number of aliphatic carboxylic acids is 1. The van der Waals surface area contributed by atoms with Crippen LogP contribution in [0.15, 0.2) is 59.2 Å². The molecule has 0 saturated heterocycles. The van der Waals surface area contributed by atoms with Crippen LogP contribution in [-0.4, -0.2) is 20.9 Å². The van der Waals surface area contributed by atoms with Gasteiger partial charge in [0.2, 0.25) is 0 Å². The number of fused-ring (bicyclic) bond motifs is 1. The van der Waals surface area contributed by atoms with Crippen molar-refractivity contribution >= 4 is 16.9 Å². The van der Waals surface area contributed by atoms with Crippen LogP contribution < -0.4 is 10.5 Å². The molecule has 7 heteroatoms. The number of nitrogens with zero attached hydrogens (tertiary/aromatic N) is 2. The van der Waals surface area contributed by atoms with Crippen LogP contribution in [0.5, 0.6) is 5.75 Å². The Morgan fingerprint density at radius 2 is 2.07 bits per heavy atom. The van der Waals surface area contributed by atoms with Crippen molar-refractivity contribution < 1.29 is 19.1 Å². The van der Waals surface area contributed by atoms with Gasteiger partial charge < -0.3 is 20.0 Å². The minimum Gasteiger partial charge on any atom is -0.489 e. The van der Waals surface area contributed by atoms with Gasteiger partial charge in [-0.2, -0.15) is 5.10 Å². The molecule has 4 aromatic rings. The Morgan fingerprint density at radius 3 is 2.83 bits per heavy atom. The highest BCUT2D eigenvalue weighted by Crippen LogP contribution is 2.28. The summed E-state index contributed by atoms with van der Waals surface area (Å²) in [7, 11) is 0. The van der Waals surface area contributed by atoms with Gasteiger partial charge in [0.1, 0.15) is 18.0 Å². The molecule has 29 heavy (non-hydrogen) atoms. The van der Waals surface area contributed by atoms with E-state index in [1.807, 2.05) is 41.9 Å². The van der Waals surface area contributed by atoms with E-state index in [0.29, 0.717) is 17.9 Å². The van der Waals surface area contributed by atoms with Crippen molar-refractivity contribution in [2.75, 3.05) is 0 Å². The van der Waals surface area contributed by atoms with Crippen molar-refractivity contribution in [2.24, 2.45) is 5.73 Å². The summed E-state index contributed by atoms with van der Waals surface area (Å²) in [5, 5.41) is 14.6. The van der Waals surface area contributed by atoms with Gasteiger partial charge in [0.25, 0.3) is 0 Å². The summed E-state index contributed by atoms with van der Waals surface area (Å²) in [6, 6.07) is 15.0. The maximum Gasteiger partial charge on any atom is 0.307 e. The van der Waals surface area contributed by atoms with Crippen LogP contribution in [0.3, 0.4) is 0 Å². The number of carbonyl (C=O) groups is 1. The topological polar surface area (TPSA) is 104 Å². The Kier molecular flexibility index (Phi) is 5.05. The van der Waals surface area contributed by atoms with Gasteiger partial charge in [-0.15, -0.1) is 0 Å². The largest absolute Gasteiger partial charge is 0.489 e. The third kappa shape index (κ3) is 3.86. The quantitative estimate of drug-likeness (QED) is 0.499. The molecule has 0 bridgehead atoms. The standard InChI is InChI=1S/C22H21N3O4/c1-14-8-18(12-23)24-25(14)19-10-15(9-17-6-7-28-22(17)19)13-29-20-5-3-2-4-16(20)11-21(26)27/h2-10H,11-13,23H2,1H3,(H,26,27). The number of ether oxygens (including phenoxy) is 1. The van der Waals surface area contributed by atoms with Crippen LogP contribution in [0.1, 0.15) is 22.5 Å². The number of carboxylic acid groups (broad SMARTS) is 1. The minimum absolute atomic E-state index is 0.0868. The molecule has 0 fully saturated rings. The van der Waals surface area contributed by atoms with Crippen molar-refractivity contribution in [3.05, 3.63) is 77.3 Å². The molecule has 0 aliphatic heterocycles. The summed E-state index contributed by atoms with van der Waals surface area (Å²) in [5.41, 5.74) is 10.6. The van der Waals surface area contributed by atoms with Crippen molar-refractivity contribution in [3.8, 4) is 11.4 Å². The zero-order valence-corrected chi connectivity index (χ0v) is 16.0. The lowest BCUT2D eigenvalue weighted by molar-refractivity contribution is -0.136. The summed E-state index contributed by atoms with van der Waals surface area (Å²) < 4.78 is 13.5. The molecule has 3 N–H and O–H groups in total. The van der Waals surface area contributed by atoms with Gasteiger partial charge in [-0.25, -0.2) is 4.68 Å². The van der Waals surface area contributed by atoms with Gasteiger partial charge in [-0.1, -0.05) is 18.2 Å². The number of para-hydroxylation sites is 1. The van der Waals surface area contributed by atoms with E-state index in [1.54, 1.807) is 24.5 Å². The van der Waals surface area contributed by atoms with Gasteiger partial charge in [0.05, 0.1) is 18.4 Å². The van der Waals surface area contributed by atoms with E-state index in [2.05, 4.69) is 5.10 Å². The fourth-order valence-electron chi connectivity index (χ4n) is 3.36. The van der Waals surface area contributed by atoms with Gasteiger partial charge in [-0.05, 0) is 42.8 Å². The molecule has 0 amide bonds. The molecule has 0 aliphatic rings. The predicted octanol–water partition coefficient (Wildman–Crippen LogP) is 3.59. The monoisotopic (exact) mass is 391 g/mol. The lowest BCUT2D eigenvalue weighted by Gasteiger charge is -2.12. The average molecular weight is 391 g/mol. The number of rotatable bonds is 7. The Morgan fingerprint density at radius 1 is 1.24 bits per heavy atom. The Hall–Kier alpha value is -3.58. The highest BCUT2D eigenvalue weighted by atomic mass is 16.5. The SMILES string of the molecule is Cc1cc(CN)nn1-c1cc(COc2ccccc2CC(=O)O)cc2ccoc12. The Labute approximate surface area is 167 Å². The minimum atomic E-state index is -0.895. The average Bonchev–Trinajstić information content (AvgIpc) is 3.32. The first-order valence-electron chi connectivity index (χ1n) is 9.24. The Balaban J connectivity index is 1.67. The normalized spacial score (nSPS) is 11.1. The highest BCUT2D eigenvalue weighted by Gasteiger charge is 2.14. The highest BCUT2D eigenvalue weighted by molar-refractivity contribution is 5.86. The van der Waals surface area contributed by atoms with E-state index in [4.69, 9.17) is 20.0 Å². The van der Waals surface area contributed by atoms with E-state index in [0.717, 1.165) is 33.6 Å². The maximum absolute atomic E-state index is 11.1. The lowest BCUT2D eigenvalue weighted by atomic mass is 10.1. The second kappa shape index (κ2) is 7.81. The predicted molar refractivity (Wildman–Crippen MR) is 108 cm³/mol. The van der Waals surface area contributed by atoms with Crippen LogP contribution in [0.25, 0.3) is 16.7 Å². The smallest absolute Gasteiger partial charge is 0.307 e. The first-order chi connectivity index (χ1) is 14.0. The fourth-order valence-corrected chi connectivity index (χ4v) is 3.36. The first kappa shape index (κ1) is 18.8. The molecule has 4 rings (SSSR count). The third-order valence-corrected chi connectivity index (χ3v) is 4.68. The summed E-state index contributed by atoms with van der Waals surface area (Å²) in [6.07, 6.45) is 1.56. The van der Waals surface area contributed by atoms with Crippen LogP contribution in [0.2, 0.25) is 0 Å². The third-order valence-electron chi connectivity index (χ3n) is 4.68. The Bertz CT molecular complexity index is 1180. The summed E-state index contributed by atoms with van der Waals surface area (Å²) in [4.78, 5) is 11.1. The maximum atomic E-state index is 11.1. The van der Waals surface area contributed by atoms with E-state index < -0.39 is 5.97 Å². The number of aromatic nitrogens is 2. The van der Waals surface area contributed by atoms with E-state index in [-0.39, 0.29) is 13.0 Å². The number of hydrogen-bond donors (Lipinski definition) is 2.